The Labute approximate surface area is 100 Å². The van der Waals surface area contributed by atoms with Crippen molar-refractivity contribution in [3.63, 3.8) is 0 Å². The van der Waals surface area contributed by atoms with Crippen molar-refractivity contribution in [1.82, 2.24) is 0 Å². The van der Waals surface area contributed by atoms with Crippen molar-refractivity contribution in [2.45, 2.75) is 59.0 Å². The van der Waals surface area contributed by atoms with Gasteiger partial charge in [0.1, 0.15) is 0 Å². The van der Waals surface area contributed by atoms with Crippen molar-refractivity contribution < 1.29 is 9.84 Å². The van der Waals surface area contributed by atoms with Gasteiger partial charge in [-0.25, -0.2) is 0 Å². The molecule has 1 aliphatic carbocycles. The van der Waals surface area contributed by atoms with Gasteiger partial charge in [0.05, 0.1) is 5.60 Å². The number of methoxy groups -OCH3 is 1. The Morgan fingerprint density at radius 1 is 1.38 bits per heavy atom. The normalized spacial score (nSPS) is 36.0. The Balaban J connectivity index is 2.63. The van der Waals surface area contributed by atoms with Gasteiger partial charge in [-0.05, 0) is 42.9 Å². The molecule has 0 heterocycles. The number of hydrogen-bond donors (Lipinski definition) is 1. The van der Waals surface area contributed by atoms with Crippen molar-refractivity contribution in [3.8, 4) is 0 Å². The van der Waals surface area contributed by atoms with Gasteiger partial charge < -0.3 is 9.84 Å². The predicted octanol–water partition coefficient (Wildman–Crippen LogP) is 3.24. The molecule has 1 aliphatic rings. The zero-order valence-corrected chi connectivity index (χ0v) is 11.5. The molecule has 0 amide bonds. The Kier molecular flexibility index (Phi) is 4.42. The second kappa shape index (κ2) is 5.05. The monoisotopic (exact) mass is 228 g/mol. The van der Waals surface area contributed by atoms with E-state index in [1.807, 2.05) is 0 Å². The van der Waals surface area contributed by atoms with E-state index in [0.29, 0.717) is 17.3 Å². The highest BCUT2D eigenvalue weighted by Gasteiger charge is 2.45. The highest BCUT2D eigenvalue weighted by molar-refractivity contribution is 4.96. The second-order valence-electron chi connectivity index (χ2n) is 6.44. The van der Waals surface area contributed by atoms with E-state index < -0.39 is 5.60 Å². The van der Waals surface area contributed by atoms with Crippen LogP contribution in [0.1, 0.15) is 53.4 Å². The lowest BCUT2D eigenvalue weighted by Crippen LogP contribution is -2.48. The topological polar surface area (TPSA) is 29.5 Å². The zero-order chi connectivity index (χ0) is 12.4. The quantitative estimate of drug-likeness (QED) is 0.800. The van der Waals surface area contributed by atoms with Gasteiger partial charge in [-0.1, -0.05) is 27.7 Å². The molecule has 0 saturated heterocycles. The number of rotatable bonds is 4. The molecule has 1 rings (SSSR count). The minimum atomic E-state index is -0.478. The molecule has 0 aromatic carbocycles. The van der Waals surface area contributed by atoms with Crippen LogP contribution in [0.5, 0.6) is 0 Å². The molecule has 1 saturated carbocycles. The SMILES string of the molecule is COCCC(C)C1(O)CCC(C)(C)CC1C. The van der Waals surface area contributed by atoms with Crippen LogP contribution in [0.3, 0.4) is 0 Å². The molecule has 0 aromatic rings. The number of hydrogen-bond acceptors (Lipinski definition) is 2. The molecule has 1 fully saturated rings. The smallest absolute Gasteiger partial charge is 0.0699 e. The molecule has 3 atom stereocenters. The van der Waals surface area contributed by atoms with Gasteiger partial charge in [0.15, 0.2) is 0 Å². The number of aliphatic hydroxyl groups is 1. The molecule has 0 bridgehead atoms. The highest BCUT2D eigenvalue weighted by Crippen LogP contribution is 2.47. The molecule has 96 valence electrons. The van der Waals surface area contributed by atoms with E-state index in [0.717, 1.165) is 32.3 Å². The van der Waals surface area contributed by atoms with Crippen LogP contribution in [0.2, 0.25) is 0 Å². The molecule has 2 heteroatoms. The first-order chi connectivity index (χ1) is 7.32. The highest BCUT2D eigenvalue weighted by atomic mass is 16.5. The molecule has 0 aromatic heterocycles. The molecule has 3 unspecified atom stereocenters. The van der Waals surface area contributed by atoms with Crippen LogP contribution in [0.15, 0.2) is 0 Å². The maximum atomic E-state index is 10.8. The summed E-state index contributed by atoms with van der Waals surface area (Å²) >= 11 is 0. The molecule has 2 nitrogen and oxygen atoms in total. The maximum Gasteiger partial charge on any atom is 0.0699 e. The molecule has 16 heavy (non-hydrogen) atoms. The Morgan fingerprint density at radius 2 is 2.00 bits per heavy atom. The van der Waals surface area contributed by atoms with E-state index in [2.05, 4.69) is 27.7 Å². The fraction of sp³-hybridized carbons (Fsp3) is 1.00. The third-order valence-electron chi connectivity index (χ3n) is 4.52. The first-order valence-corrected chi connectivity index (χ1v) is 6.53. The van der Waals surface area contributed by atoms with E-state index >= 15 is 0 Å². The van der Waals surface area contributed by atoms with Crippen LogP contribution >= 0.6 is 0 Å². The van der Waals surface area contributed by atoms with E-state index in [1.165, 1.54) is 0 Å². The lowest BCUT2D eigenvalue weighted by molar-refractivity contribution is -0.112. The van der Waals surface area contributed by atoms with Gasteiger partial charge in [-0.3, -0.25) is 0 Å². The molecule has 1 N–H and O–H groups in total. The van der Waals surface area contributed by atoms with Crippen LogP contribution in [-0.2, 0) is 4.74 Å². The predicted molar refractivity (Wildman–Crippen MR) is 67.4 cm³/mol. The molecule has 0 radical (unpaired) electrons. The summed E-state index contributed by atoms with van der Waals surface area (Å²) in [5.74, 6) is 0.724. The first kappa shape index (κ1) is 14.0. The molecule has 0 spiro atoms. The van der Waals surface area contributed by atoms with Crippen molar-refractivity contribution in [3.05, 3.63) is 0 Å². The van der Waals surface area contributed by atoms with Crippen molar-refractivity contribution in [1.29, 1.82) is 0 Å². The van der Waals surface area contributed by atoms with Crippen LogP contribution in [0.4, 0.5) is 0 Å². The average Bonchev–Trinajstić information content (AvgIpc) is 2.20. The van der Waals surface area contributed by atoms with Gasteiger partial charge in [-0.2, -0.15) is 0 Å². The maximum absolute atomic E-state index is 10.8. The molecular weight excluding hydrogens is 200 g/mol. The van der Waals surface area contributed by atoms with Gasteiger partial charge >= 0.3 is 0 Å². The van der Waals surface area contributed by atoms with Crippen LogP contribution in [-0.4, -0.2) is 24.4 Å². The standard InChI is InChI=1S/C14H28O2/c1-11(6-9-16-5)14(15)8-7-13(3,4)10-12(14)2/h11-12,15H,6-10H2,1-5H3. The Hall–Kier alpha value is -0.0800. The van der Waals surface area contributed by atoms with E-state index in [-0.39, 0.29) is 0 Å². The Bertz CT molecular complexity index is 225. The summed E-state index contributed by atoms with van der Waals surface area (Å²) < 4.78 is 5.11. The fourth-order valence-corrected chi connectivity index (χ4v) is 3.17. The summed E-state index contributed by atoms with van der Waals surface area (Å²) in [5.41, 5.74) is -0.0827. The molecule has 0 aliphatic heterocycles. The minimum Gasteiger partial charge on any atom is -0.389 e. The van der Waals surface area contributed by atoms with Crippen molar-refractivity contribution in [2.75, 3.05) is 13.7 Å². The van der Waals surface area contributed by atoms with Gasteiger partial charge in [0.2, 0.25) is 0 Å². The summed E-state index contributed by atoms with van der Waals surface area (Å²) in [6.45, 7) is 9.73. The van der Waals surface area contributed by atoms with Crippen LogP contribution in [0.25, 0.3) is 0 Å². The van der Waals surface area contributed by atoms with Gasteiger partial charge in [0, 0.05) is 13.7 Å². The summed E-state index contributed by atoms with van der Waals surface area (Å²) in [6, 6.07) is 0. The third-order valence-corrected chi connectivity index (χ3v) is 4.52. The van der Waals surface area contributed by atoms with Crippen LogP contribution in [0, 0.1) is 17.3 Å². The van der Waals surface area contributed by atoms with E-state index in [1.54, 1.807) is 7.11 Å². The summed E-state index contributed by atoms with van der Waals surface area (Å²) in [4.78, 5) is 0. The first-order valence-electron chi connectivity index (χ1n) is 6.53. The molecular formula is C14H28O2. The van der Waals surface area contributed by atoms with Gasteiger partial charge in [0.25, 0.3) is 0 Å². The summed E-state index contributed by atoms with van der Waals surface area (Å²) in [5, 5.41) is 10.8. The van der Waals surface area contributed by atoms with Crippen molar-refractivity contribution >= 4 is 0 Å². The van der Waals surface area contributed by atoms with Gasteiger partial charge in [-0.15, -0.1) is 0 Å². The minimum absolute atomic E-state index is 0.332. The van der Waals surface area contributed by atoms with Crippen LogP contribution < -0.4 is 0 Å². The lowest BCUT2D eigenvalue weighted by atomic mass is 9.61. The van der Waals surface area contributed by atoms with Crippen molar-refractivity contribution in [2.24, 2.45) is 17.3 Å². The third kappa shape index (κ3) is 2.98. The lowest BCUT2D eigenvalue weighted by Gasteiger charge is -2.48. The fourth-order valence-electron chi connectivity index (χ4n) is 3.17. The zero-order valence-electron chi connectivity index (χ0n) is 11.5. The largest absolute Gasteiger partial charge is 0.389 e. The van der Waals surface area contributed by atoms with E-state index in [9.17, 15) is 5.11 Å². The summed E-state index contributed by atoms with van der Waals surface area (Å²) in [7, 11) is 1.73. The number of ether oxygens (including phenoxy) is 1. The average molecular weight is 228 g/mol. The summed E-state index contributed by atoms with van der Waals surface area (Å²) in [6.07, 6.45) is 4.15. The second-order valence-corrected chi connectivity index (χ2v) is 6.44. The van der Waals surface area contributed by atoms with E-state index in [4.69, 9.17) is 4.74 Å². The Morgan fingerprint density at radius 3 is 2.50 bits per heavy atom.